The van der Waals surface area contributed by atoms with Gasteiger partial charge < -0.3 is 19.9 Å². The summed E-state index contributed by atoms with van der Waals surface area (Å²) in [6.07, 6.45) is 14.9. The Labute approximate surface area is 200 Å². The van der Waals surface area contributed by atoms with E-state index in [0.717, 1.165) is 73.6 Å². The molecule has 1 saturated heterocycles. The maximum absolute atomic E-state index is 11.4. The molecule has 3 heterocycles. The summed E-state index contributed by atoms with van der Waals surface area (Å²) in [6.45, 7) is 5.64. The number of aldehydes is 1. The number of piperidine rings is 1. The Kier molecular flexibility index (Phi) is 6.74. The van der Waals surface area contributed by atoms with Gasteiger partial charge in [0.1, 0.15) is 6.29 Å². The third-order valence-electron chi connectivity index (χ3n) is 7.05. The van der Waals surface area contributed by atoms with Crippen molar-refractivity contribution in [3.63, 3.8) is 0 Å². The zero-order chi connectivity index (χ0) is 23.5. The minimum atomic E-state index is -0.602. The molecule has 0 amide bonds. The van der Waals surface area contributed by atoms with Crippen LogP contribution in [-0.4, -0.2) is 63.3 Å². The number of fused-ring (bicyclic) bond motifs is 1. The summed E-state index contributed by atoms with van der Waals surface area (Å²) in [4.78, 5) is 23.4. The number of anilines is 1. The zero-order valence-corrected chi connectivity index (χ0v) is 19.7. The van der Waals surface area contributed by atoms with E-state index in [2.05, 4.69) is 44.1 Å². The minimum Gasteiger partial charge on any atom is -0.387 e. The van der Waals surface area contributed by atoms with Crippen molar-refractivity contribution in [3.05, 3.63) is 59.8 Å². The lowest BCUT2D eigenvalue weighted by Gasteiger charge is -2.34. The molecule has 2 atom stereocenters. The summed E-state index contributed by atoms with van der Waals surface area (Å²) >= 11 is 0. The van der Waals surface area contributed by atoms with Gasteiger partial charge in [-0.3, -0.25) is 9.79 Å². The quantitative estimate of drug-likeness (QED) is 0.613. The number of carbonyl (C=O) groups is 1. The highest BCUT2D eigenvalue weighted by molar-refractivity contribution is 5.93. The number of hydrogen-bond donors (Lipinski definition) is 2. The maximum Gasteiger partial charge on any atom is 0.204 e. The predicted octanol–water partition coefficient (Wildman–Crippen LogP) is 3.97. The molecule has 1 aliphatic carbocycles. The lowest BCUT2D eigenvalue weighted by atomic mass is 9.98. The van der Waals surface area contributed by atoms with Crippen LogP contribution in [0.5, 0.6) is 0 Å². The van der Waals surface area contributed by atoms with E-state index < -0.39 is 6.10 Å². The average molecular weight is 460 g/mol. The summed E-state index contributed by atoms with van der Waals surface area (Å²) in [5.74, 6) is 1.39. The first-order chi connectivity index (χ1) is 16.6. The largest absolute Gasteiger partial charge is 0.387 e. The highest BCUT2D eigenvalue weighted by Crippen LogP contribution is 2.25. The topological polar surface area (TPSA) is 82.8 Å². The standard InChI is InChI=1S/C27H33N5O2/c1-19-7-10-26(34)24(28-19)17-32-25-15-21(18-33)8-9-23(25)30-27(32)29-22-11-13-31(14-12-22)16-20-5-3-2-4-6-20/h2-5,7-9,15,18,20,22,26,34H,6,10-14,16-17H2,1H3,(H,29,30). The second-order valence-electron chi connectivity index (χ2n) is 9.62. The summed E-state index contributed by atoms with van der Waals surface area (Å²) in [5.41, 5.74) is 3.97. The van der Waals surface area contributed by atoms with E-state index in [-0.39, 0.29) is 0 Å². The molecule has 178 valence electrons. The van der Waals surface area contributed by atoms with E-state index in [9.17, 15) is 9.90 Å². The Hall–Kier alpha value is -3.03. The first-order valence-electron chi connectivity index (χ1n) is 12.3. The second-order valence-corrected chi connectivity index (χ2v) is 9.62. The van der Waals surface area contributed by atoms with Crippen LogP contribution in [0.3, 0.4) is 0 Å². The highest BCUT2D eigenvalue weighted by atomic mass is 16.3. The number of aliphatic hydroxyl groups excluding tert-OH is 1. The van der Waals surface area contributed by atoms with Crippen LogP contribution < -0.4 is 5.32 Å². The Morgan fingerprint density at radius 1 is 1.21 bits per heavy atom. The van der Waals surface area contributed by atoms with Crippen molar-refractivity contribution in [3.8, 4) is 0 Å². The molecular formula is C27H33N5O2. The number of imidazole rings is 1. The molecule has 7 nitrogen and oxygen atoms in total. The van der Waals surface area contributed by atoms with E-state index in [4.69, 9.17) is 4.98 Å². The number of nitrogens with zero attached hydrogens (tertiary/aromatic N) is 4. The number of aliphatic hydroxyl groups is 1. The van der Waals surface area contributed by atoms with Crippen LogP contribution in [0, 0.1) is 5.92 Å². The Bertz CT molecular complexity index is 1170. The summed E-state index contributed by atoms with van der Waals surface area (Å²) in [7, 11) is 0. The molecule has 2 unspecified atom stereocenters. The third-order valence-corrected chi connectivity index (χ3v) is 7.05. The van der Waals surface area contributed by atoms with Gasteiger partial charge >= 0.3 is 0 Å². The SMILES string of the molecule is CC1=CCC(O)C(Cn2c(NC3CCN(CC4C=CC=CC4)CC3)nc3ccc(C=O)cc32)=N1. The van der Waals surface area contributed by atoms with Crippen LogP contribution in [0.4, 0.5) is 5.95 Å². The average Bonchev–Trinajstić information content (AvgIpc) is 3.19. The number of nitrogens with one attached hydrogen (secondary N) is 1. The van der Waals surface area contributed by atoms with Crippen molar-refractivity contribution in [2.24, 2.45) is 10.9 Å². The van der Waals surface area contributed by atoms with Gasteiger partial charge in [-0.2, -0.15) is 0 Å². The first kappa shape index (κ1) is 22.7. The van der Waals surface area contributed by atoms with Gasteiger partial charge in [0.2, 0.25) is 5.95 Å². The molecule has 2 aromatic rings. The van der Waals surface area contributed by atoms with E-state index in [1.165, 1.54) is 0 Å². The molecule has 3 aliphatic rings. The van der Waals surface area contributed by atoms with Gasteiger partial charge in [-0.05, 0) is 56.7 Å². The van der Waals surface area contributed by atoms with Crippen LogP contribution in [-0.2, 0) is 6.54 Å². The van der Waals surface area contributed by atoms with Crippen molar-refractivity contribution in [2.75, 3.05) is 25.0 Å². The molecule has 1 aromatic heterocycles. The predicted molar refractivity (Wildman–Crippen MR) is 136 cm³/mol. The first-order valence-corrected chi connectivity index (χ1v) is 12.3. The molecule has 1 fully saturated rings. The van der Waals surface area contributed by atoms with Crippen LogP contribution in [0.25, 0.3) is 11.0 Å². The van der Waals surface area contributed by atoms with Gasteiger partial charge in [0.25, 0.3) is 0 Å². The monoisotopic (exact) mass is 459 g/mol. The number of aliphatic imine (C=N–C) groups is 1. The molecule has 2 aliphatic heterocycles. The zero-order valence-electron chi connectivity index (χ0n) is 19.7. The van der Waals surface area contributed by atoms with Gasteiger partial charge in [-0.25, -0.2) is 4.98 Å². The Balaban J connectivity index is 1.33. The molecule has 7 heteroatoms. The summed E-state index contributed by atoms with van der Waals surface area (Å²) < 4.78 is 2.06. The summed E-state index contributed by atoms with van der Waals surface area (Å²) in [5, 5.41) is 14.2. The molecule has 34 heavy (non-hydrogen) atoms. The normalized spacial score (nSPS) is 23.7. The fourth-order valence-corrected chi connectivity index (χ4v) is 5.09. The van der Waals surface area contributed by atoms with E-state index in [1.807, 2.05) is 25.1 Å². The molecule has 0 radical (unpaired) electrons. The molecule has 0 saturated carbocycles. The van der Waals surface area contributed by atoms with Crippen molar-refractivity contribution >= 4 is 29.0 Å². The molecule has 1 aromatic carbocycles. The Morgan fingerprint density at radius 3 is 2.82 bits per heavy atom. The summed E-state index contributed by atoms with van der Waals surface area (Å²) in [6, 6.07) is 5.89. The lowest BCUT2D eigenvalue weighted by Crippen LogP contribution is -2.41. The van der Waals surface area contributed by atoms with Crippen molar-refractivity contribution in [1.82, 2.24) is 14.5 Å². The maximum atomic E-state index is 11.4. The smallest absolute Gasteiger partial charge is 0.204 e. The van der Waals surface area contributed by atoms with Gasteiger partial charge in [-0.15, -0.1) is 0 Å². The number of carbonyl (C=O) groups excluding carboxylic acids is 1. The number of aromatic nitrogens is 2. The van der Waals surface area contributed by atoms with Crippen LogP contribution in [0.1, 0.15) is 43.0 Å². The lowest BCUT2D eigenvalue weighted by molar-refractivity contribution is 0.112. The molecule has 0 spiro atoms. The second kappa shape index (κ2) is 10.1. The number of hydrogen-bond acceptors (Lipinski definition) is 6. The van der Waals surface area contributed by atoms with Gasteiger partial charge in [0.05, 0.1) is 29.4 Å². The molecule has 2 N–H and O–H groups in total. The van der Waals surface area contributed by atoms with Crippen LogP contribution in [0.15, 0.2) is 59.3 Å². The van der Waals surface area contributed by atoms with Crippen LogP contribution >= 0.6 is 0 Å². The van der Waals surface area contributed by atoms with Gasteiger partial charge in [-0.1, -0.05) is 30.4 Å². The third kappa shape index (κ3) is 5.05. The fraction of sp³-hybridized carbons (Fsp3) is 0.444. The number of rotatable bonds is 7. The van der Waals surface area contributed by atoms with Crippen LogP contribution in [0.2, 0.25) is 0 Å². The Morgan fingerprint density at radius 2 is 2.06 bits per heavy atom. The van der Waals surface area contributed by atoms with E-state index in [0.29, 0.717) is 30.5 Å². The highest BCUT2D eigenvalue weighted by Gasteiger charge is 2.24. The molecule has 0 bridgehead atoms. The van der Waals surface area contributed by atoms with Gasteiger partial charge in [0, 0.05) is 36.9 Å². The van der Waals surface area contributed by atoms with E-state index in [1.54, 1.807) is 6.07 Å². The van der Waals surface area contributed by atoms with Crippen molar-refractivity contribution in [2.45, 2.75) is 51.3 Å². The minimum absolute atomic E-state index is 0.332. The molecular weight excluding hydrogens is 426 g/mol. The number of benzene rings is 1. The number of allylic oxidation sites excluding steroid dienone is 4. The number of likely N-dealkylation sites (tertiary alicyclic amines) is 1. The van der Waals surface area contributed by atoms with Crippen molar-refractivity contribution in [1.29, 1.82) is 0 Å². The van der Waals surface area contributed by atoms with Gasteiger partial charge in [0.15, 0.2) is 0 Å². The molecule has 5 rings (SSSR count). The van der Waals surface area contributed by atoms with Crippen molar-refractivity contribution < 1.29 is 9.90 Å². The van der Waals surface area contributed by atoms with E-state index >= 15 is 0 Å². The fourth-order valence-electron chi connectivity index (χ4n) is 5.09.